The third-order valence-electron chi connectivity index (χ3n) is 3.27. The minimum absolute atomic E-state index is 0.135. The summed E-state index contributed by atoms with van der Waals surface area (Å²) in [5.41, 5.74) is 0. The molecule has 3 N–H and O–H groups in total. The van der Waals surface area contributed by atoms with Gasteiger partial charge in [-0.1, -0.05) is 6.07 Å². The van der Waals surface area contributed by atoms with Crippen LogP contribution in [0.4, 0.5) is 0 Å². The number of benzene rings is 1. The average molecular weight is 320 g/mol. The molecule has 1 fully saturated rings. The highest BCUT2D eigenvalue weighted by molar-refractivity contribution is 7.90. The summed E-state index contributed by atoms with van der Waals surface area (Å²) < 4.78 is 48.7. The molecular weight excluding hydrogens is 304 g/mol. The van der Waals surface area contributed by atoms with E-state index in [1.54, 1.807) is 0 Å². The van der Waals surface area contributed by atoms with Gasteiger partial charge in [-0.25, -0.2) is 22.0 Å². The summed E-state index contributed by atoms with van der Waals surface area (Å²) in [6.07, 6.45) is 1.25. The maximum atomic E-state index is 12.5. The number of hydrogen-bond acceptors (Lipinski definition) is 5. The van der Waals surface area contributed by atoms with Crippen molar-refractivity contribution in [3.63, 3.8) is 0 Å². The zero-order chi connectivity index (χ0) is 15.0. The monoisotopic (exact) mass is 320 g/mol. The van der Waals surface area contributed by atoms with Crippen LogP contribution in [-0.2, 0) is 20.0 Å². The predicted molar refractivity (Wildman–Crippen MR) is 71.8 cm³/mol. The second-order valence-electron chi connectivity index (χ2n) is 4.61. The Morgan fingerprint density at radius 2 is 1.90 bits per heavy atom. The maximum absolute atomic E-state index is 12.5. The number of nitrogens with zero attached hydrogens (tertiary/aromatic N) is 1. The number of nitrogens with two attached hydrogens (primary N) is 1. The molecule has 1 heterocycles. The molecule has 1 saturated heterocycles. The summed E-state index contributed by atoms with van der Waals surface area (Å²) in [7, 11) is -7.79. The number of sulfonamides is 2. The Kier molecular flexibility index (Phi) is 4.17. The van der Waals surface area contributed by atoms with E-state index in [1.807, 2.05) is 0 Å². The smallest absolute Gasteiger partial charge is 0.243 e. The Hall–Kier alpha value is -1.00. The second-order valence-corrected chi connectivity index (χ2v) is 8.07. The van der Waals surface area contributed by atoms with Crippen LogP contribution in [-0.4, -0.2) is 45.4 Å². The Bertz CT molecular complexity index is 699. The highest BCUT2D eigenvalue weighted by Crippen LogP contribution is 2.26. The van der Waals surface area contributed by atoms with Crippen molar-refractivity contribution < 1.29 is 21.9 Å². The van der Waals surface area contributed by atoms with Gasteiger partial charge in [-0.15, -0.1) is 0 Å². The first kappa shape index (κ1) is 15.4. The molecule has 0 bridgehead atoms. The molecule has 1 atom stereocenters. The number of primary sulfonamides is 1. The lowest BCUT2D eigenvalue weighted by Gasteiger charge is -2.22. The zero-order valence-corrected chi connectivity index (χ0v) is 12.3. The van der Waals surface area contributed by atoms with Gasteiger partial charge in [0, 0.05) is 12.6 Å². The molecular formula is C11H16N2O5S2. The third kappa shape index (κ3) is 2.86. The summed E-state index contributed by atoms with van der Waals surface area (Å²) in [5, 5.41) is 14.2. The fourth-order valence-corrected chi connectivity index (χ4v) is 4.62. The summed E-state index contributed by atoms with van der Waals surface area (Å²) in [4.78, 5) is -0.386. The first-order chi connectivity index (χ1) is 9.26. The summed E-state index contributed by atoms with van der Waals surface area (Å²) in [6.45, 7) is 0.0568. The van der Waals surface area contributed by atoms with Gasteiger partial charge in [0.25, 0.3) is 0 Å². The molecule has 20 heavy (non-hydrogen) atoms. The minimum Gasteiger partial charge on any atom is -0.395 e. The molecule has 0 amide bonds. The molecule has 0 aromatic heterocycles. The highest BCUT2D eigenvalue weighted by atomic mass is 32.2. The van der Waals surface area contributed by atoms with Crippen LogP contribution in [0.2, 0.25) is 0 Å². The lowest BCUT2D eigenvalue weighted by molar-refractivity contribution is 0.213. The highest BCUT2D eigenvalue weighted by Gasteiger charge is 2.35. The quantitative estimate of drug-likeness (QED) is 0.774. The molecule has 7 nitrogen and oxygen atoms in total. The van der Waals surface area contributed by atoms with Gasteiger partial charge in [0.05, 0.1) is 16.4 Å². The molecule has 2 rings (SSSR count). The topological polar surface area (TPSA) is 118 Å². The normalized spacial score (nSPS) is 21.2. The average Bonchev–Trinajstić information content (AvgIpc) is 2.87. The van der Waals surface area contributed by atoms with E-state index in [0.717, 1.165) is 6.07 Å². The second kappa shape index (κ2) is 5.41. The number of aliphatic hydroxyl groups excluding tert-OH is 1. The van der Waals surface area contributed by atoms with Crippen LogP contribution in [0.3, 0.4) is 0 Å². The lowest BCUT2D eigenvalue weighted by Crippen LogP contribution is -2.37. The van der Waals surface area contributed by atoms with Crippen molar-refractivity contribution >= 4 is 20.0 Å². The van der Waals surface area contributed by atoms with Gasteiger partial charge in [-0.05, 0) is 31.0 Å². The molecule has 9 heteroatoms. The minimum atomic E-state index is -3.96. The van der Waals surface area contributed by atoms with Crippen LogP contribution >= 0.6 is 0 Å². The van der Waals surface area contributed by atoms with Crippen LogP contribution < -0.4 is 5.14 Å². The van der Waals surface area contributed by atoms with E-state index in [-0.39, 0.29) is 16.4 Å². The van der Waals surface area contributed by atoms with Crippen LogP contribution in [0.15, 0.2) is 34.1 Å². The van der Waals surface area contributed by atoms with Gasteiger partial charge in [0.2, 0.25) is 20.0 Å². The van der Waals surface area contributed by atoms with E-state index < -0.39 is 26.1 Å². The number of hydrogen-bond donors (Lipinski definition) is 2. The van der Waals surface area contributed by atoms with Gasteiger partial charge in [0.1, 0.15) is 0 Å². The van der Waals surface area contributed by atoms with Gasteiger partial charge < -0.3 is 5.11 Å². The molecule has 0 unspecified atom stereocenters. The molecule has 1 aromatic carbocycles. The number of aliphatic hydroxyl groups is 1. The van der Waals surface area contributed by atoms with Gasteiger partial charge in [-0.2, -0.15) is 4.31 Å². The van der Waals surface area contributed by atoms with Crippen molar-refractivity contribution in [3.05, 3.63) is 24.3 Å². The van der Waals surface area contributed by atoms with Gasteiger partial charge >= 0.3 is 0 Å². The maximum Gasteiger partial charge on any atom is 0.243 e. The van der Waals surface area contributed by atoms with Crippen molar-refractivity contribution in [2.75, 3.05) is 13.2 Å². The largest absolute Gasteiger partial charge is 0.395 e. The summed E-state index contributed by atoms with van der Waals surface area (Å²) in [5.74, 6) is 0. The summed E-state index contributed by atoms with van der Waals surface area (Å²) >= 11 is 0. The van der Waals surface area contributed by atoms with E-state index in [4.69, 9.17) is 5.14 Å². The van der Waals surface area contributed by atoms with Crippen molar-refractivity contribution in [1.82, 2.24) is 4.31 Å². The van der Waals surface area contributed by atoms with Gasteiger partial charge in [0.15, 0.2) is 0 Å². The molecule has 0 aliphatic carbocycles. The molecule has 0 radical (unpaired) electrons. The van der Waals surface area contributed by atoms with Crippen LogP contribution in [0.5, 0.6) is 0 Å². The van der Waals surface area contributed by atoms with Gasteiger partial charge in [-0.3, -0.25) is 0 Å². The standard InChI is InChI=1S/C11H16N2O5S2/c12-19(15,16)10-4-1-5-11(7-10)20(17,18)13-6-2-3-9(13)8-14/h1,4-5,7,9,14H,2-3,6,8H2,(H2,12,15,16)/t9-/m0/s1. The van der Waals surface area contributed by atoms with Crippen LogP contribution in [0.25, 0.3) is 0 Å². The Balaban J connectivity index is 2.45. The lowest BCUT2D eigenvalue weighted by atomic mass is 10.2. The van der Waals surface area contributed by atoms with E-state index in [9.17, 15) is 21.9 Å². The van der Waals surface area contributed by atoms with E-state index in [2.05, 4.69) is 0 Å². The first-order valence-corrected chi connectivity index (χ1v) is 9.01. The molecule has 0 spiro atoms. The molecule has 1 aromatic rings. The van der Waals surface area contributed by atoms with Crippen LogP contribution in [0.1, 0.15) is 12.8 Å². The Morgan fingerprint density at radius 3 is 2.50 bits per heavy atom. The van der Waals surface area contributed by atoms with E-state index >= 15 is 0 Å². The van der Waals surface area contributed by atoms with E-state index in [1.165, 1.54) is 22.5 Å². The Labute approximate surface area is 118 Å². The Morgan fingerprint density at radius 1 is 1.25 bits per heavy atom. The molecule has 1 aliphatic rings. The van der Waals surface area contributed by atoms with Crippen molar-refractivity contribution in [2.24, 2.45) is 5.14 Å². The van der Waals surface area contributed by atoms with Crippen molar-refractivity contribution in [3.8, 4) is 0 Å². The fourth-order valence-electron chi connectivity index (χ4n) is 2.26. The third-order valence-corrected chi connectivity index (χ3v) is 6.13. The van der Waals surface area contributed by atoms with Crippen molar-refractivity contribution in [2.45, 2.75) is 28.7 Å². The van der Waals surface area contributed by atoms with E-state index in [0.29, 0.717) is 19.4 Å². The fraction of sp³-hybridized carbons (Fsp3) is 0.455. The zero-order valence-electron chi connectivity index (χ0n) is 10.6. The first-order valence-electron chi connectivity index (χ1n) is 6.02. The molecule has 112 valence electrons. The predicted octanol–water partition coefficient (Wildman–Crippen LogP) is -0.521. The summed E-state index contributed by atoms with van der Waals surface area (Å²) in [6, 6.07) is 4.46. The number of rotatable bonds is 4. The van der Waals surface area contributed by atoms with Crippen molar-refractivity contribution in [1.29, 1.82) is 0 Å². The molecule has 0 saturated carbocycles. The molecule has 1 aliphatic heterocycles. The SMILES string of the molecule is NS(=O)(=O)c1cccc(S(=O)(=O)N2CCC[C@H]2CO)c1. The van der Waals surface area contributed by atoms with Crippen LogP contribution in [0, 0.1) is 0 Å².